The van der Waals surface area contributed by atoms with E-state index in [1.165, 1.54) is 7.11 Å². The van der Waals surface area contributed by atoms with Crippen LogP contribution in [-0.2, 0) is 0 Å². The Labute approximate surface area is 106 Å². The molecule has 0 bridgehead atoms. The van der Waals surface area contributed by atoms with Crippen LogP contribution in [0.1, 0.15) is 21.5 Å². The second-order valence-corrected chi connectivity index (χ2v) is 4.12. The van der Waals surface area contributed by atoms with Gasteiger partial charge in [-0.3, -0.25) is 4.79 Å². The van der Waals surface area contributed by atoms with Crippen LogP contribution in [0.5, 0.6) is 5.75 Å². The number of nitrogen functional groups attached to an aromatic ring is 1. The van der Waals surface area contributed by atoms with Crippen molar-refractivity contribution in [2.24, 2.45) is 0 Å². The van der Waals surface area contributed by atoms with Crippen molar-refractivity contribution in [3.05, 3.63) is 59.2 Å². The third-order valence-corrected chi connectivity index (χ3v) is 2.84. The van der Waals surface area contributed by atoms with E-state index in [0.717, 1.165) is 5.56 Å². The number of rotatable bonds is 3. The van der Waals surface area contributed by atoms with Gasteiger partial charge in [-0.15, -0.1) is 0 Å². The van der Waals surface area contributed by atoms with Crippen LogP contribution < -0.4 is 10.5 Å². The molecule has 0 aliphatic carbocycles. The molecular formula is C15H15NO2. The number of hydrogen-bond acceptors (Lipinski definition) is 3. The highest BCUT2D eigenvalue weighted by molar-refractivity contribution is 6.12. The molecule has 0 fully saturated rings. The van der Waals surface area contributed by atoms with Crippen LogP contribution >= 0.6 is 0 Å². The third kappa shape index (κ3) is 2.20. The van der Waals surface area contributed by atoms with Crippen molar-refractivity contribution in [3.8, 4) is 5.75 Å². The minimum Gasteiger partial charge on any atom is -0.495 e. The van der Waals surface area contributed by atoms with Crippen molar-refractivity contribution in [2.45, 2.75) is 6.92 Å². The lowest BCUT2D eigenvalue weighted by Gasteiger charge is -2.09. The van der Waals surface area contributed by atoms with E-state index in [1.54, 1.807) is 30.3 Å². The molecule has 3 heteroatoms. The molecule has 0 radical (unpaired) electrons. The second-order valence-electron chi connectivity index (χ2n) is 4.12. The summed E-state index contributed by atoms with van der Waals surface area (Å²) in [6, 6.07) is 12.6. The van der Waals surface area contributed by atoms with Crippen molar-refractivity contribution >= 4 is 11.5 Å². The molecule has 2 N–H and O–H groups in total. The van der Waals surface area contributed by atoms with Crippen LogP contribution in [0.3, 0.4) is 0 Å². The first-order valence-electron chi connectivity index (χ1n) is 5.67. The quantitative estimate of drug-likeness (QED) is 0.664. The van der Waals surface area contributed by atoms with Crippen LogP contribution in [0.2, 0.25) is 0 Å². The predicted octanol–water partition coefficient (Wildman–Crippen LogP) is 2.82. The number of ketones is 1. The molecule has 3 nitrogen and oxygen atoms in total. The van der Waals surface area contributed by atoms with E-state index in [0.29, 0.717) is 22.6 Å². The lowest BCUT2D eigenvalue weighted by molar-refractivity contribution is 0.103. The number of methoxy groups -OCH3 is 1. The molecule has 0 saturated carbocycles. The van der Waals surface area contributed by atoms with Gasteiger partial charge >= 0.3 is 0 Å². The SMILES string of the molecule is COc1cccc(C(=O)c2ccc(C)cc2)c1N. The molecule has 0 heterocycles. The molecule has 2 rings (SSSR count). The zero-order valence-corrected chi connectivity index (χ0v) is 10.4. The van der Waals surface area contributed by atoms with Gasteiger partial charge in [0.2, 0.25) is 0 Å². The smallest absolute Gasteiger partial charge is 0.195 e. The first-order valence-corrected chi connectivity index (χ1v) is 5.67. The van der Waals surface area contributed by atoms with E-state index in [-0.39, 0.29) is 5.78 Å². The summed E-state index contributed by atoms with van der Waals surface area (Å²) >= 11 is 0. The average Bonchev–Trinajstić information content (AvgIpc) is 2.39. The maximum Gasteiger partial charge on any atom is 0.195 e. The number of benzene rings is 2. The fourth-order valence-electron chi connectivity index (χ4n) is 1.78. The summed E-state index contributed by atoms with van der Waals surface area (Å²) < 4.78 is 5.11. The fourth-order valence-corrected chi connectivity index (χ4v) is 1.78. The zero-order valence-electron chi connectivity index (χ0n) is 10.4. The minimum atomic E-state index is -0.0913. The number of anilines is 1. The van der Waals surface area contributed by atoms with E-state index < -0.39 is 0 Å². The van der Waals surface area contributed by atoms with Gasteiger partial charge in [0.15, 0.2) is 5.78 Å². The largest absolute Gasteiger partial charge is 0.495 e. The Balaban J connectivity index is 2.43. The Kier molecular flexibility index (Phi) is 3.33. The van der Waals surface area contributed by atoms with E-state index in [2.05, 4.69) is 0 Å². The van der Waals surface area contributed by atoms with E-state index in [4.69, 9.17) is 10.5 Å². The summed E-state index contributed by atoms with van der Waals surface area (Å²) in [5, 5.41) is 0. The number of nitrogens with two attached hydrogens (primary N) is 1. The zero-order chi connectivity index (χ0) is 13.1. The van der Waals surface area contributed by atoms with Crippen LogP contribution in [0.25, 0.3) is 0 Å². The van der Waals surface area contributed by atoms with Crippen molar-refractivity contribution in [3.63, 3.8) is 0 Å². The first-order chi connectivity index (χ1) is 8.63. The van der Waals surface area contributed by atoms with Crippen molar-refractivity contribution in [1.29, 1.82) is 0 Å². The minimum absolute atomic E-state index is 0.0913. The lowest BCUT2D eigenvalue weighted by atomic mass is 10.0. The molecule has 0 unspecified atom stereocenters. The Morgan fingerprint density at radius 2 is 1.78 bits per heavy atom. The highest BCUT2D eigenvalue weighted by atomic mass is 16.5. The maximum atomic E-state index is 12.3. The van der Waals surface area contributed by atoms with E-state index >= 15 is 0 Å². The maximum absolute atomic E-state index is 12.3. The van der Waals surface area contributed by atoms with E-state index in [1.807, 2.05) is 19.1 Å². The van der Waals surface area contributed by atoms with Gasteiger partial charge in [0.05, 0.1) is 12.8 Å². The van der Waals surface area contributed by atoms with Gasteiger partial charge in [-0.2, -0.15) is 0 Å². The van der Waals surface area contributed by atoms with Crippen LogP contribution in [0.4, 0.5) is 5.69 Å². The summed E-state index contributed by atoms with van der Waals surface area (Å²) in [7, 11) is 1.53. The summed E-state index contributed by atoms with van der Waals surface area (Å²) in [6.07, 6.45) is 0. The van der Waals surface area contributed by atoms with Crippen molar-refractivity contribution < 1.29 is 9.53 Å². The highest BCUT2D eigenvalue weighted by Crippen LogP contribution is 2.26. The molecule has 92 valence electrons. The monoisotopic (exact) mass is 241 g/mol. The van der Waals surface area contributed by atoms with E-state index in [9.17, 15) is 4.79 Å². The highest BCUT2D eigenvalue weighted by Gasteiger charge is 2.14. The van der Waals surface area contributed by atoms with Gasteiger partial charge in [0.1, 0.15) is 5.75 Å². The van der Waals surface area contributed by atoms with Gasteiger partial charge in [-0.1, -0.05) is 35.9 Å². The lowest BCUT2D eigenvalue weighted by Crippen LogP contribution is -2.06. The summed E-state index contributed by atoms with van der Waals surface area (Å²) in [5.74, 6) is 0.430. The van der Waals surface area contributed by atoms with Crippen LogP contribution in [-0.4, -0.2) is 12.9 Å². The van der Waals surface area contributed by atoms with Crippen molar-refractivity contribution in [2.75, 3.05) is 12.8 Å². The molecule has 0 atom stereocenters. The molecule has 0 aromatic heterocycles. The van der Waals surface area contributed by atoms with Gasteiger partial charge in [0.25, 0.3) is 0 Å². The standard InChI is InChI=1S/C15H15NO2/c1-10-6-8-11(9-7-10)15(17)12-4-3-5-13(18-2)14(12)16/h3-9H,16H2,1-2H3. The normalized spacial score (nSPS) is 10.1. The van der Waals surface area contributed by atoms with Crippen molar-refractivity contribution in [1.82, 2.24) is 0 Å². The summed E-state index contributed by atoms with van der Waals surface area (Å²) in [4.78, 5) is 12.3. The average molecular weight is 241 g/mol. The fraction of sp³-hybridized carbons (Fsp3) is 0.133. The third-order valence-electron chi connectivity index (χ3n) is 2.84. The number of para-hydroxylation sites is 1. The first kappa shape index (κ1) is 12.2. The van der Waals surface area contributed by atoms with Crippen LogP contribution in [0, 0.1) is 6.92 Å². The number of aryl methyl sites for hydroxylation is 1. The van der Waals surface area contributed by atoms with Gasteiger partial charge < -0.3 is 10.5 Å². The molecule has 0 spiro atoms. The number of ether oxygens (including phenoxy) is 1. The van der Waals surface area contributed by atoms with Gasteiger partial charge in [-0.25, -0.2) is 0 Å². The number of carbonyl (C=O) groups excluding carboxylic acids is 1. The molecule has 2 aromatic rings. The Bertz CT molecular complexity index is 574. The molecule has 2 aromatic carbocycles. The molecule has 0 aliphatic heterocycles. The number of carbonyl (C=O) groups is 1. The molecule has 0 saturated heterocycles. The van der Waals surface area contributed by atoms with Crippen LogP contribution in [0.15, 0.2) is 42.5 Å². The molecular weight excluding hydrogens is 226 g/mol. The van der Waals surface area contributed by atoms with Gasteiger partial charge in [0, 0.05) is 11.1 Å². The summed E-state index contributed by atoms with van der Waals surface area (Å²) in [6.45, 7) is 1.98. The summed E-state index contributed by atoms with van der Waals surface area (Å²) in [5.41, 5.74) is 8.51. The van der Waals surface area contributed by atoms with Gasteiger partial charge in [-0.05, 0) is 19.1 Å². The Morgan fingerprint density at radius 1 is 1.11 bits per heavy atom. The Hall–Kier alpha value is -2.29. The second kappa shape index (κ2) is 4.92. The topological polar surface area (TPSA) is 52.3 Å². The molecule has 0 amide bonds. The predicted molar refractivity (Wildman–Crippen MR) is 72.0 cm³/mol. The molecule has 18 heavy (non-hydrogen) atoms. The Morgan fingerprint density at radius 3 is 2.39 bits per heavy atom. The number of hydrogen-bond donors (Lipinski definition) is 1. The molecule has 0 aliphatic rings.